The Morgan fingerprint density at radius 1 is 1.04 bits per heavy atom. The van der Waals surface area contributed by atoms with Crippen LogP contribution in [-0.4, -0.2) is 60.8 Å². The number of ether oxygens (including phenoxy) is 1. The first kappa shape index (κ1) is 37.8. The Morgan fingerprint density at radius 3 is 2.42 bits per heavy atom. The minimum absolute atomic E-state index is 0.0467. The van der Waals surface area contributed by atoms with Crippen molar-refractivity contribution in [3.05, 3.63) is 95.8 Å². The maximum absolute atomic E-state index is 13.9. The topological polar surface area (TPSA) is 157 Å². The van der Waals surface area contributed by atoms with Crippen molar-refractivity contribution < 1.29 is 41.6 Å². The number of hydrogen-bond donors (Lipinski definition) is 3. The van der Waals surface area contributed by atoms with Gasteiger partial charge in [0, 0.05) is 38.1 Å². The van der Waals surface area contributed by atoms with Crippen LogP contribution >= 0.6 is 19.4 Å². The summed E-state index contributed by atoms with van der Waals surface area (Å²) < 4.78 is 47.3. The monoisotopic (exact) mass is 705 g/mol. The van der Waals surface area contributed by atoms with Crippen LogP contribution in [0, 0.1) is 5.82 Å². The van der Waals surface area contributed by atoms with Gasteiger partial charge in [-0.2, -0.15) is 0 Å². The summed E-state index contributed by atoms with van der Waals surface area (Å²) in [6, 6.07) is 12.1. The molecule has 2 aromatic carbocycles. The first-order chi connectivity index (χ1) is 22.8. The molecule has 0 aliphatic heterocycles. The van der Waals surface area contributed by atoms with Crippen molar-refractivity contribution in [2.75, 3.05) is 32.1 Å². The zero-order valence-electron chi connectivity index (χ0n) is 26.8. The van der Waals surface area contributed by atoms with E-state index < -0.39 is 37.7 Å². The van der Waals surface area contributed by atoms with Gasteiger partial charge in [-0.1, -0.05) is 61.2 Å². The molecule has 0 fully saturated rings. The second kappa shape index (κ2) is 18.0. The highest BCUT2D eigenvalue weighted by molar-refractivity contribution is 7.48. The summed E-state index contributed by atoms with van der Waals surface area (Å²) in [7, 11) is -2.56. The Labute approximate surface area is 283 Å². The second-order valence-corrected chi connectivity index (χ2v) is 12.4. The highest BCUT2D eigenvalue weighted by Gasteiger charge is 2.30. The minimum atomic E-state index is -4.03. The molecule has 0 bridgehead atoms. The Bertz CT molecular complexity index is 1670. The fourth-order valence-electron chi connectivity index (χ4n) is 4.19. The zero-order valence-corrected chi connectivity index (χ0v) is 28.4. The van der Waals surface area contributed by atoms with Crippen LogP contribution in [0.3, 0.4) is 0 Å². The smallest absolute Gasteiger partial charge is 0.447 e. The van der Waals surface area contributed by atoms with Gasteiger partial charge >= 0.3 is 19.9 Å². The molecule has 0 unspecified atom stereocenters. The summed E-state index contributed by atoms with van der Waals surface area (Å²) in [5, 5.41) is 9.47. The van der Waals surface area contributed by atoms with Gasteiger partial charge in [0.05, 0.1) is 29.2 Å². The SMILES string of the molecule is C=C(C)OP(=O)(OCCNC(=O)CC[C@@H](COC(=O)Nc1cc2ccccc2cn1)N(C)C(=O)NCc1cccc(F)c1Cl)OC(=C)C. The van der Waals surface area contributed by atoms with Crippen LogP contribution in [-0.2, 0) is 34.2 Å². The number of allylic oxidation sites excluding steroid dienone is 2. The number of urea groups is 1. The van der Waals surface area contributed by atoms with E-state index in [1.807, 2.05) is 24.3 Å². The maximum atomic E-state index is 13.9. The maximum Gasteiger partial charge on any atom is 0.586 e. The highest BCUT2D eigenvalue weighted by Crippen LogP contribution is 2.52. The Morgan fingerprint density at radius 2 is 1.73 bits per heavy atom. The van der Waals surface area contributed by atoms with E-state index in [1.54, 1.807) is 18.3 Å². The predicted octanol–water partition coefficient (Wildman–Crippen LogP) is 6.91. The minimum Gasteiger partial charge on any atom is -0.447 e. The molecular weight excluding hydrogens is 668 g/mol. The summed E-state index contributed by atoms with van der Waals surface area (Å²) in [5.74, 6) is -0.578. The van der Waals surface area contributed by atoms with Crippen molar-refractivity contribution in [1.82, 2.24) is 20.5 Å². The summed E-state index contributed by atoms with van der Waals surface area (Å²) in [6.45, 7) is 9.36. The summed E-state index contributed by atoms with van der Waals surface area (Å²) in [5.41, 5.74) is 0.363. The molecule has 4 amide bonds. The third kappa shape index (κ3) is 12.2. The van der Waals surface area contributed by atoms with Gasteiger partial charge in [-0.25, -0.2) is 23.5 Å². The van der Waals surface area contributed by atoms with Crippen LogP contribution in [0.25, 0.3) is 10.8 Å². The van der Waals surface area contributed by atoms with Crippen molar-refractivity contribution in [3.63, 3.8) is 0 Å². The number of phosphoric acid groups is 1. The number of rotatable bonds is 17. The molecule has 3 N–H and O–H groups in total. The van der Waals surface area contributed by atoms with Crippen LogP contribution in [0.15, 0.2) is 79.4 Å². The van der Waals surface area contributed by atoms with E-state index in [-0.39, 0.29) is 61.5 Å². The third-order valence-corrected chi connectivity index (χ3v) is 8.50. The second-order valence-electron chi connectivity index (χ2n) is 10.5. The van der Waals surface area contributed by atoms with Crippen molar-refractivity contribution >= 4 is 54.0 Å². The molecule has 0 aliphatic rings. The molecule has 13 nitrogen and oxygen atoms in total. The van der Waals surface area contributed by atoms with Gasteiger partial charge in [-0.05, 0) is 43.4 Å². The van der Waals surface area contributed by atoms with Gasteiger partial charge in [-0.15, -0.1) is 0 Å². The molecule has 3 rings (SSSR count). The summed E-state index contributed by atoms with van der Waals surface area (Å²) >= 11 is 6.01. The van der Waals surface area contributed by atoms with Crippen LogP contribution in [0.1, 0.15) is 32.3 Å². The average Bonchev–Trinajstić information content (AvgIpc) is 3.02. The lowest BCUT2D eigenvalue weighted by Gasteiger charge is -2.28. The van der Waals surface area contributed by atoms with Gasteiger partial charge in [-0.3, -0.25) is 14.6 Å². The molecule has 0 aliphatic carbocycles. The molecule has 1 heterocycles. The van der Waals surface area contributed by atoms with Gasteiger partial charge in [0.2, 0.25) is 5.91 Å². The highest BCUT2D eigenvalue weighted by atomic mass is 35.5. The van der Waals surface area contributed by atoms with Gasteiger partial charge < -0.3 is 29.3 Å². The lowest BCUT2D eigenvalue weighted by molar-refractivity contribution is -0.121. The first-order valence-corrected chi connectivity index (χ1v) is 16.5. The van der Waals surface area contributed by atoms with Crippen molar-refractivity contribution in [2.24, 2.45) is 0 Å². The molecule has 3 aromatic rings. The van der Waals surface area contributed by atoms with Gasteiger partial charge in [0.15, 0.2) is 0 Å². The van der Waals surface area contributed by atoms with Crippen molar-refractivity contribution in [3.8, 4) is 0 Å². The number of benzene rings is 2. The van der Waals surface area contributed by atoms with Gasteiger partial charge in [0.1, 0.15) is 18.2 Å². The van der Waals surface area contributed by atoms with Crippen LogP contribution in [0.4, 0.5) is 19.8 Å². The Balaban J connectivity index is 1.59. The normalized spacial score (nSPS) is 11.6. The third-order valence-electron chi connectivity index (χ3n) is 6.51. The van der Waals surface area contributed by atoms with Crippen molar-refractivity contribution in [1.29, 1.82) is 0 Å². The number of nitrogens with zero attached hydrogens (tertiary/aromatic N) is 2. The lowest BCUT2D eigenvalue weighted by atomic mass is 10.1. The van der Waals surface area contributed by atoms with Crippen LogP contribution < -0.4 is 16.0 Å². The number of fused-ring (bicyclic) bond motifs is 1. The first-order valence-electron chi connectivity index (χ1n) is 14.7. The molecule has 0 saturated carbocycles. The summed E-state index contributed by atoms with van der Waals surface area (Å²) in [6.07, 6.45) is 0.787. The number of carbonyl (C=O) groups is 3. The molecule has 48 heavy (non-hydrogen) atoms. The molecule has 16 heteroatoms. The number of hydrogen-bond acceptors (Lipinski definition) is 9. The van der Waals surface area contributed by atoms with Crippen molar-refractivity contribution in [2.45, 2.75) is 39.3 Å². The van der Waals surface area contributed by atoms with E-state index in [4.69, 9.17) is 29.9 Å². The molecule has 0 spiro atoms. The zero-order chi connectivity index (χ0) is 35.3. The number of carbonyl (C=O) groups excluding carboxylic acids is 3. The van der Waals surface area contributed by atoms with E-state index >= 15 is 0 Å². The standard InChI is InChI=1S/C32H38ClFN5O8P/c1-21(2)46-48(43,47-22(3)4)45-16-15-35-29(40)14-13-26(39(5)31(41)37-19-25-11-8-12-27(34)30(25)33)20-44-32(42)38-28-17-23-9-6-7-10-24(23)18-36-28/h6-12,17-18,26H,1,3,13-16,19-20H2,2,4-5H3,(H,35,40)(H,37,41)(H,36,38,42)/t26-/m0/s1. The predicted molar refractivity (Wildman–Crippen MR) is 180 cm³/mol. The number of anilines is 1. The van der Waals surface area contributed by atoms with Gasteiger partial charge in [0.25, 0.3) is 0 Å². The number of nitrogens with one attached hydrogen (secondary N) is 3. The van der Waals surface area contributed by atoms with Crippen LogP contribution in [0.5, 0.6) is 0 Å². The quantitative estimate of drug-likeness (QED) is 0.0771. The van der Waals surface area contributed by atoms with E-state index in [9.17, 15) is 23.3 Å². The molecule has 1 aromatic heterocycles. The molecule has 0 radical (unpaired) electrons. The summed E-state index contributed by atoms with van der Waals surface area (Å²) in [4.78, 5) is 43.9. The number of amides is 4. The molecule has 1 atom stereocenters. The van der Waals surface area contributed by atoms with E-state index in [2.05, 4.69) is 34.1 Å². The number of pyridine rings is 1. The Hall–Kier alpha value is -4.65. The average molecular weight is 706 g/mol. The number of halogens is 2. The Kier molecular flexibility index (Phi) is 14.2. The largest absolute Gasteiger partial charge is 0.586 e. The fraction of sp³-hybridized carbons (Fsp3) is 0.312. The number of phosphoric ester groups is 1. The van der Waals surface area contributed by atoms with E-state index in [1.165, 1.54) is 37.9 Å². The molecule has 258 valence electrons. The molecular formula is C32H38ClFN5O8P. The molecule has 0 saturated heterocycles. The number of likely N-dealkylation sites (N-methyl/N-ethyl adjacent to an activating group) is 1. The number of aromatic nitrogens is 1. The van der Waals surface area contributed by atoms with E-state index in [0.717, 1.165) is 10.8 Å². The lowest BCUT2D eigenvalue weighted by Crippen LogP contribution is -2.46. The van der Waals surface area contributed by atoms with E-state index in [0.29, 0.717) is 5.56 Å². The van der Waals surface area contributed by atoms with Crippen LogP contribution in [0.2, 0.25) is 5.02 Å². The fourth-order valence-corrected chi connectivity index (χ4v) is 5.60.